The number of benzene rings is 1. The molecule has 1 aliphatic heterocycles. The Labute approximate surface area is 120 Å². The van der Waals surface area contributed by atoms with Crippen molar-refractivity contribution in [1.82, 2.24) is 5.43 Å². The monoisotopic (exact) mass is 276 g/mol. The number of aryl methyl sites for hydroxylation is 1. The predicted octanol–water partition coefficient (Wildman–Crippen LogP) is 1.74. The first-order valence-corrected chi connectivity index (χ1v) is 7.61. The molecule has 3 unspecified atom stereocenters. The number of hydrogen-bond donors (Lipinski definition) is 2. The Morgan fingerprint density at radius 3 is 3.00 bits per heavy atom. The molecule has 1 heterocycles. The standard InChI is InChI=1S/C16H24N2O2/c17-18-15(16-11-19-8-9-20-16)10-13-6-3-5-12-4-1-2-7-14(12)13/h1-2,4,7,13,15-16,18H,3,5-6,8-11,17H2. The lowest BCUT2D eigenvalue weighted by molar-refractivity contribution is -0.103. The molecule has 3 N–H and O–H groups in total. The molecule has 0 bridgehead atoms. The predicted molar refractivity (Wildman–Crippen MR) is 78.4 cm³/mol. The zero-order chi connectivity index (χ0) is 13.8. The van der Waals surface area contributed by atoms with Gasteiger partial charge in [0.15, 0.2) is 0 Å². The van der Waals surface area contributed by atoms with Gasteiger partial charge in [0, 0.05) is 0 Å². The average Bonchev–Trinajstić information content (AvgIpc) is 2.53. The second-order valence-corrected chi connectivity index (χ2v) is 5.78. The highest BCUT2D eigenvalue weighted by atomic mass is 16.6. The van der Waals surface area contributed by atoms with Crippen LogP contribution in [0.1, 0.15) is 36.3 Å². The maximum absolute atomic E-state index is 5.79. The van der Waals surface area contributed by atoms with E-state index in [1.807, 2.05) is 0 Å². The minimum absolute atomic E-state index is 0.0721. The Morgan fingerprint density at radius 1 is 1.30 bits per heavy atom. The molecule has 1 fully saturated rings. The summed E-state index contributed by atoms with van der Waals surface area (Å²) in [5.74, 6) is 6.33. The normalized spacial score (nSPS) is 27.9. The van der Waals surface area contributed by atoms with E-state index >= 15 is 0 Å². The molecule has 110 valence electrons. The Balaban J connectivity index is 1.70. The zero-order valence-electron chi connectivity index (χ0n) is 11.9. The zero-order valence-corrected chi connectivity index (χ0v) is 11.9. The Morgan fingerprint density at radius 2 is 2.20 bits per heavy atom. The number of ether oxygens (including phenoxy) is 2. The number of rotatable bonds is 4. The van der Waals surface area contributed by atoms with Crippen LogP contribution in [0.15, 0.2) is 24.3 Å². The summed E-state index contributed by atoms with van der Waals surface area (Å²) >= 11 is 0. The van der Waals surface area contributed by atoms with Crippen molar-refractivity contribution >= 4 is 0 Å². The Bertz CT molecular complexity index is 432. The van der Waals surface area contributed by atoms with Crippen molar-refractivity contribution < 1.29 is 9.47 Å². The number of hydrazine groups is 1. The summed E-state index contributed by atoms with van der Waals surface area (Å²) in [6, 6.07) is 8.96. The summed E-state index contributed by atoms with van der Waals surface area (Å²) in [6.07, 6.45) is 4.80. The second kappa shape index (κ2) is 6.68. The van der Waals surface area contributed by atoms with Crippen molar-refractivity contribution in [3.63, 3.8) is 0 Å². The van der Waals surface area contributed by atoms with Gasteiger partial charge in [0.1, 0.15) is 0 Å². The fraction of sp³-hybridized carbons (Fsp3) is 0.625. The van der Waals surface area contributed by atoms with Gasteiger partial charge >= 0.3 is 0 Å². The summed E-state index contributed by atoms with van der Waals surface area (Å²) in [5, 5.41) is 0. The number of nitrogens with one attached hydrogen (secondary N) is 1. The third-order valence-electron chi connectivity index (χ3n) is 4.54. The minimum Gasteiger partial charge on any atom is -0.376 e. The second-order valence-electron chi connectivity index (χ2n) is 5.78. The van der Waals surface area contributed by atoms with Crippen LogP contribution in [0.25, 0.3) is 0 Å². The van der Waals surface area contributed by atoms with Crippen LogP contribution in [0.4, 0.5) is 0 Å². The fourth-order valence-electron chi connectivity index (χ4n) is 3.47. The van der Waals surface area contributed by atoms with Gasteiger partial charge in [0.2, 0.25) is 0 Å². The van der Waals surface area contributed by atoms with Crippen molar-refractivity contribution in [3.8, 4) is 0 Å². The van der Waals surface area contributed by atoms with Crippen LogP contribution in [0.3, 0.4) is 0 Å². The van der Waals surface area contributed by atoms with E-state index < -0.39 is 0 Å². The third-order valence-corrected chi connectivity index (χ3v) is 4.54. The molecule has 3 rings (SSSR count). The summed E-state index contributed by atoms with van der Waals surface area (Å²) in [6.45, 7) is 2.01. The van der Waals surface area contributed by atoms with E-state index in [-0.39, 0.29) is 12.1 Å². The molecule has 1 aromatic rings. The Kier molecular flexibility index (Phi) is 4.68. The lowest BCUT2D eigenvalue weighted by atomic mass is 9.79. The van der Waals surface area contributed by atoms with Gasteiger partial charge in [-0.15, -0.1) is 0 Å². The molecule has 0 spiro atoms. The first-order valence-electron chi connectivity index (χ1n) is 7.61. The highest BCUT2D eigenvalue weighted by molar-refractivity contribution is 5.32. The van der Waals surface area contributed by atoms with Gasteiger partial charge < -0.3 is 9.47 Å². The third kappa shape index (κ3) is 3.04. The topological polar surface area (TPSA) is 56.5 Å². The lowest BCUT2D eigenvalue weighted by Gasteiger charge is -2.34. The van der Waals surface area contributed by atoms with E-state index in [2.05, 4.69) is 29.7 Å². The molecular weight excluding hydrogens is 252 g/mol. The first kappa shape index (κ1) is 14.0. The molecule has 1 aliphatic carbocycles. The van der Waals surface area contributed by atoms with Crippen LogP contribution >= 0.6 is 0 Å². The largest absolute Gasteiger partial charge is 0.376 e. The van der Waals surface area contributed by atoms with Crippen molar-refractivity contribution in [2.45, 2.75) is 43.7 Å². The van der Waals surface area contributed by atoms with Crippen LogP contribution < -0.4 is 11.3 Å². The molecule has 0 amide bonds. The highest BCUT2D eigenvalue weighted by Crippen LogP contribution is 2.35. The van der Waals surface area contributed by atoms with E-state index in [1.165, 1.54) is 30.4 Å². The maximum Gasteiger partial charge on any atom is 0.0975 e. The maximum atomic E-state index is 5.79. The first-order chi connectivity index (χ1) is 9.88. The molecule has 3 atom stereocenters. The number of nitrogens with two attached hydrogens (primary N) is 1. The minimum atomic E-state index is 0.0721. The summed E-state index contributed by atoms with van der Waals surface area (Å²) in [7, 11) is 0. The van der Waals surface area contributed by atoms with E-state index in [0.29, 0.717) is 25.7 Å². The SMILES string of the molecule is NNC(CC1CCCc2ccccc21)C1COCCO1. The summed E-state index contributed by atoms with van der Waals surface area (Å²) in [4.78, 5) is 0. The molecule has 0 radical (unpaired) electrons. The quantitative estimate of drug-likeness (QED) is 0.650. The fourth-order valence-corrected chi connectivity index (χ4v) is 3.47. The lowest BCUT2D eigenvalue weighted by Crippen LogP contribution is -2.50. The number of fused-ring (bicyclic) bond motifs is 1. The van der Waals surface area contributed by atoms with Gasteiger partial charge in [-0.2, -0.15) is 0 Å². The number of hydrogen-bond acceptors (Lipinski definition) is 4. The smallest absolute Gasteiger partial charge is 0.0975 e. The molecule has 0 aromatic heterocycles. The molecular formula is C16H24N2O2. The van der Waals surface area contributed by atoms with Crippen molar-refractivity contribution in [2.75, 3.05) is 19.8 Å². The molecule has 1 saturated heterocycles. The van der Waals surface area contributed by atoms with Gasteiger partial charge in [-0.3, -0.25) is 11.3 Å². The van der Waals surface area contributed by atoms with Crippen LogP contribution in [0, 0.1) is 0 Å². The van der Waals surface area contributed by atoms with Gasteiger partial charge in [-0.25, -0.2) is 0 Å². The van der Waals surface area contributed by atoms with E-state index in [0.717, 1.165) is 6.42 Å². The molecule has 4 nitrogen and oxygen atoms in total. The van der Waals surface area contributed by atoms with E-state index in [9.17, 15) is 0 Å². The highest BCUT2D eigenvalue weighted by Gasteiger charge is 2.29. The van der Waals surface area contributed by atoms with E-state index in [4.69, 9.17) is 15.3 Å². The summed E-state index contributed by atoms with van der Waals surface area (Å²) in [5.41, 5.74) is 5.94. The van der Waals surface area contributed by atoms with Gasteiger partial charge in [0.05, 0.1) is 32.0 Å². The molecule has 2 aliphatic rings. The van der Waals surface area contributed by atoms with Gasteiger partial charge in [-0.05, 0) is 42.7 Å². The van der Waals surface area contributed by atoms with Crippen molar-refractivity contribution in [3.05, 3.63) is 35.4 Å². The van der Waals surface area contributed by atoms with Gasteiger partial charge in [-0.1, -0.05) is 24.3 Å². The van der Waals surface area contributed by atoms with Crippen LogP contribution in [-0.4, -0.2) is 32.0 Å². The molecule has 20 heavy (non-hydrogen) atoms. The summed E-state index contributed by atoms with van der Waals surface area (Å²) < 4.78 is 11.3. The average molecular weight is 276 g/mol. The molecule has 0 saturated carbocycles. The van der Waals surface area contributed by atoms with Gasteiger partial charge in [0.25, 0.3) is 0 Å². The van der Waals surface area contributed by atoms with Crippen LogP contribution in [-0.2, 0) is 15.9 Å². The molecule has 4 heteroatoms. The Hall–Kier alpha value is -0.940. The van der Waals surface area contributed by atoms with Crippen LogP contribution in [0.2, 0.25) is 0 Å². The van der Waals surface area contributed by atoms with Crippen LogP contribution in [0.5, 0.6) is 0 Å². The van der Waals surface area contributed by atoms with E-state index in [1.54, 1.807) is 0 Å². The van der Waals surface area contributed by atoms with Crippen molar-refractivity contribution in [2.24, 2.45) is 5.84 Å². The van der Waals surface area contributed by atoms with Crippen molar-refractivity contribution in [1.29, 1.82) is 0 Å². The molecule has 1 aromatic carbocycles.